The molecule has 1 heterocycles. The lowest BCUT2D eigenvalue weighted by molar-refractivity contribution is -0.142. The molecule has 0 radical (unpaired) electrons. The number of carbonyl (C=O) groups is 3. The summed E-state index contributed by atoms with van der Waals surface area (Å²) in [7, 11) is 0. The largest absolute Gasteiger partial charge is 0.355 e. The van der Waals surface area contributed by atoms with Gasteiger partial charge >= 0.3 is 0 Å². The SMILES string of the molecule is O=C(NCCCc1ccc(Cl)c(Cl)c1)C1CN(Cc2c(F)cccc2F)C(=O)C1=O. The van der Waals surface area contributed by atoms with Gasteiger partial charge in [0.2, 0.25) is 11.7 Å². The first-order valence-electron chi connectivity index (χ1n) is 9.25. The number of carbonyl (C=O) groups excluding carboxylic acids is 3. The minimum atomic E-state index is -1.20. The van der Waals surface area contributed by atoms with Crippen LogP contribution in [0.5, 0.6) is 0 Å². The fourth-order valence-corrected chi connectivity index (χ4v) is 3.55. The van der Waals surface area contributed by atoms with Gasteiger partial charge in [-0.05, 0) is 42.7 Å². The van der Waals surface area contributed by atoms with Crippen LogP contribution >= 0.6 is 23.2 Å². The Bertz CT molecular complexity index is 980. The van der Waals surface area contributed by atoms with Crippen LogP contribution in [0.25, 0.3) is 0 Å². The van der Waals surface area contributed by atoms with Crippen molar-refractivity contribution >= 4 is 40.8 Å². The third-order valence-corrected chi connectivity index (χ3v) is 5.61. The van der Waals surface area contributed by atoms with Gasteiger partial charge in [-0.1, -0.05) is 35.3 Å². The molecule has 158 valence electrons. The molecule has 0 aliphatic carbocycles. The zero-order valence-electron chi connectivity index (χ0n) is 15.8. The summed E-state index contributed by atoms with van der Waals surface area (Å²) in [4.78, 5) is 37.7. The molecule has 0 bridgehead atoms. The van der Waals surface area contributed by atoms with E-state index < -0.39 is 41.7 Å². The Kier molecular flexibility index (Phi) is 7.05. The number of rotatable bonds is 7. The minimum absolute atomic E-state index is 0.218. The van der Waals surface area contributed by atoms with E-state index in [4.69, 9.17) is 23.2 Å². The van der Waals surface area contributed by atoms with Crippen LogP contribution < -0.4 is 5.32 Å². The molecular formula is C21H18Cl2F2N2O3. The molecule has 1 fully saturated rings. The van der Waals surface area contributed by atoms with E-state index >= 15 is 0 Å². The lowest BCUT2D eigenvalue weighted by Gasteiger charge is -2.16. The Morgan fingerprint density at radius 1 is 1.10 bits per heavy atom. The number of nitrogens with one attached hydrogen (secondary N) is 1. The van der Waals surface area contributed by atoms with Gasteiger partial charge in [0.15, 0.2) is 0 Å². The maximum Gasteiger partial charge on any atom is 0.291 e. The molecule has 1 aliphatic heterocycles. The van der Waals surface area contributed by atoms with Crippen LogP contribution in [0.15, 0.2) is 36.4 Å². The van der Waals surface area contributed by atoms with Crippen LogP contribution in [0.3, 0.4) is 0 Å². The molecule has 5 nitrogen and oxygen atoms in total. The van der Waals surface area contributed by atoms with E-state index in [9.17, 15) is 23.2 Å². The second kappa shape index (κ2) is 9.53. The van der Waals surface area contributed by atoms with E-state index in [1.54, 1.807) is 12.1 Å². The van der Waals surface area contributed by atoms with E-state index in [2.05, 4.69) is 5.32 Å². The zero-order valence-corrected chi connectivity index (χ0v) is 17.3. The van der Waals surface area contributed by atoms with Gasteiger partial charge < -0.3 is 10.2 Å². The van der Waals surface area contributed by atoms with E-state index in [0.717, 1.165) is 22.6 Å². The molecule has 2 aromatic rings. The van der Waals surface area contributed by atoms with E-state index in [1.807, 2.05) is 6.07 Å². The Morgan fingerprint density at radius 3 is 2.47 bits per heavy atom. The van der Waals surface area contributed by atoms with Crippen molar-refractivity contribution in [1.82, 2.24) is 10.2 Å². The Labute approximate surface area is 181 Å². The molecule has 0 spiro atoms. The summed E-state index contributed by atoms with van der Waals surface area (Å²) in [6.07, 6.45) is 1.22. The minimum Gasteiger partial charge on any atom is -0.355 e. The van der Waals surface area contributed by atoms with Crippen LogP contribution in [0.2, 0.25) is 10.0 Å². The number of ketones is 1. The molecule has 2 amide bonds. The fraction of sp³-hybridized carbons (Fsp3) is 0.286. The monoisotopic (exact) mass is 454 g/mol. The summed E-state index contributed by atoms with van der Waals surface area (Å²) in [5.41, 5.74) is 0.630. The molecule has 2 aromatic carbocycles. The van der Waals surface area contributed by atoms with Gasteiger partial charge in [-0.25, -0.2) is 8.78 Å². The van der Waals surface area contributed by atoms with Gasteiger partial charge in [-0.15, -0.1) is 0 Å². The van der Waals surface area contributed by atoms with Crippen molar-refractivity contribution in [2.24, 2.45) is 5.92 Å². The van der Waals surface area contributed by atoms with Gasteiger partial charge in [-0.2, -0.15) is 0 Å². The molecule has 1 N–H and O–H groups in total. The Balaban J connectivity index is 1.53. The van der Waals surface area contributed by atoms with Crippen LogP contribution in [-0.2, 0) is 27.3 Å². The highest BCUT2D eigenvalue weighted by atomic mass is 35.5. The number of likely N-dealkylation sites (tertiary alicyclic amines) is 1. The van der Waals surface area contributed by atoms with Crippen LogP contribution in [0.4, 0.5) is 8.78 Å². The van der Waals surface area contributed by atoms with Crippen LogP contribution in [-0.4, -0.2) is 35.6 Å². The van der Waals surface area contributed by atoms with Gasteiger partial charge in [0, 0.05) is 18.7 Å². The van der Waals surface area contributed by atoms with Crippen molar-refractivity contribution in [2.45, 2.75) is 19.4 Å². The highest BCUT2D eigenvalue weighted by Gasteiger charge is 2.43. The first-order chi connectivity index (χ1) is 14.3. The highest BCUT2D eigenvalue weighted by molar-refractivity contribution is 6.42. The predicted octanol–water partition coefficient (Wildman–Crippen LogP) is 3.55. The van der Waals surface area contributed by atoms with E-state index in [-0.39, 0.29) is 12.1 Å². The second-order valence-electron chi connectivity index (χ2n) is 6.95. The molecule has 0 saturated carbocycles. The topological polar surface area (TPSA) is 66.5 Å². The molecule has 1 atom stereocenters. The fourth-order valence-electron chi connectivity index (χ4n) is 3.23. The molecule has 1 saturated heterocycles. The van der Waals surface area contributed by atoms with Gasteiger partial charge in [-0.3, -0.25) is 14.4 Å². The van der Waals surface area contributed by atoms with Crippen molar-refractivity contribution < 1.29 is 23.2 Å². The first-order valence-corrected chi connectivity index (χ1v) is 10.0. The smallest absolute Gasteiger partial charge is 0.291 e. The summed E-state index contributed by atoms with van der Waals surface area (Å²) in [6.45, 7) is -0.340. The van der Waals surface area contributed by atoms with Gasteiger partial charge in [0.05, 0.1) is 16.6 Å². The van der Waals surface area contributed by atoms with Gasteiger partial charge in [0.1, 0.15) is 17.6 Å². The predicted molar refractivity (Wildman–Crippen MR) is 108 cm³/mol. The first kappa shape index (κ1) is 22.2. The maximum absolute atomic E-state index is 13.8. The number of benzene rings is 2. The maximum atomic E-state index is 13.8. The molecule has 9 heteroatoms. The number of Topliss-reactive ketones (excluding diaryl/α,β-unsaturated/α-hetero) is 1. The number of hydrogen-bond donors (Lipinski definition) is 1. The summed E-state index contributed by atoms with van der Waals surface area (Å²) in [6, 6.07) is 8.60. The quantitative estimate of drug-likeness (QED) is 0.395. The third-order valence-electron chi connectivity index (χ3n) is 4.87. The third kappa shape index (κ3) is 4.96. The number of amides is 2. The van der Waals surface area contributed by atoms with Crippen LogP contribution in [0.1, 0.15) is 17.5 Å². The Hall–Kier alpha value is -2.51. The number of hydrogen-bond acceptors (Lipinski definition) is 3. The Morgan fingerprint density at radius 2 is 1.80 bits per heavy atom. The average Bonchev–Trinajstić information content (AvgIpc) is 2.99. The number of nitrogens with zero attached hydrogens (tertiary/aromatic N) is 1. The van der Waals surface area contributed by atoms with Crippen molar-refractivity contribution in [3.8, 4) is 0 Å². The van der Waals surface area contributed by atoms with Crippen molar-refractivity contribution in [1.29, 1.82) is 0 Å². The molecule has 30 heavy (non-hydrogen) atoms. The van der Waals surface area contributed by atoms with Crippen molar-refractivity contribution in [2.75, 3.05) is 13.1 Å². The summed E-state index contributed by atoms with van der Waals surface area (Å²) in [5.74, 6) is -5.21. The molecule has 1 aliphatic rings. The standard InChI is InChI=1S/C21H18Cl2F2N2O3/c22-15-7-6-12(9-16(15)23)3-2-8-26-20(29)14-11-27(21(30)19(14)28)10-13-17(24)4-1-5-18(13)25/h1,4-7,9,14H,2-3,8,10-11H2,(H,26,29). The lowest BCUT2D eigenvalue weighted by atomic mass is 10.1. The van der Waals surface area contributed by atoms with Crippen molar-refractivity contribution in [3.05, 3.63) is 69.2 Å². The normalized spacial score (nSPS) is 16.3. The van der Waals surface area contributed by atoms with Gasteiger partial charge in [0.25, 0.3) is 5.91 Å². The van der Waals surface area contributed by atoms with E-state index in [1.165, 1.54) is 6.07 Å². The molecule has 0 aromatic heterocycles. The summed E-state index contributed by atoms with van der Waals surface area (Å²) >= 11 is 11.8. The summed E-state index contributed by atoms with van der Waals surface area (Å²) < 4.78 is 27.6. The molecular weight excluding hydrogens is 437 g/mol. The van der Waals surface area contributed by atoms with E-state index in [0.29, 0.717) is 29.4 Å². The zero-order chi connectivity index (χ0) is 21.8. The number of aryl methyl sites for hydroxylation is 1. The van der Waals surface area contributed by atoms with Crippen molar-refractivity contribution in [3.63, 3.8) is 0 Å². The second-order valence-corrected chi connectivity index (χ2v) is 7.76. The molecule has 3 rings (SSSR count). The molecule has 1 unspecified atom stereocenters. The number of halogens is 4. The average molecular weight is 455 g/mol. The highest BCUT2D eigenvalue weighted by Crippen LogP contribution is 2.23. The lowest BCUT2D eigenvalue weighted by Crippen LogP contribution is -2.36. The summed E-state index contributed by atoms with van der Waals surface area (Å²) in [5, 5.41) is 3.53. The van der Waals surface area contributed by atoms with Crippen LogP contribution in [0, 0.1) is 17.6 Å².